The zero-order valence-corrected chi connectivity index (χ0v) is 18.8. The van der Waals surface area contributed by atoms with E-state index in [9.17, 15) is 4.79 Å². The van der Waals surface area contributed by atoms with Crippen LogP contribution in [-0.4, -0.2) is 19.9 Å². The maximum atomic E-state index is 12.8. The summed E-state index contributed by atoms with van der Waals surface area (Å²) < 4.78 is 0. The van der Waals surface area contributed by atoms with E-state index >= 15 is 0 Å². The maximum absolute atomic E-state index is 12.8. The van der Waals surface area contributed by atoms with E-state index in [1.54, 1.807) is 23.1 Å². The first-order valence-corrected chi connectivity index (χ1v) is 12.1. The molecular weight excluding hydrogens is 412 g/mol. The Labute approximate surface area is 183 Å². The molecule has 1 aromatic carbocycles. The van der Waals surface area contributed by atoms with Crippen LogP contribution in [0, 0.1) is 12.8 Å². The Balaban J connectivity index is 1.34. The van der Waals surface area contributed by atoms with Gasteiger partial charge in [0.15, 0.2) is 5.16 Å². The second-order valence-electron chi connectivity index (χ2n) is 8.11. The molecule has 0 fully saturated rings. The molecule has 30 heavy (non-hydrogen) atoms. The molecule has 1 aliphatic carbocycles. The summed E-state index contributed by atoms with van der Waals surface area (Å²) in [4.78, 5) is 30.9. The van der Waals surface area contributed by atoms with Crippen molar-refractivity contribution in [1.82, 2.24) is 19.9 Å². The topological polar surface area (TPSA) is 74.4 Å². The number of H-pyrrole nitrogens is 2. The molecule has 0 radical (unpaired) electrons. The second kappa shape index (κ2) is 8.04. The summed E-state index contributed by atoms with van der Waals surface area (Å²) in [5.41, 5.74) is 4.62. The average molecular weight is 437 g/mol. The summed E-state index contributed by atoms with van der Waals surface area (Å²) in [6, 6.07) is 10.4. The molecule has 0 saturated heterocycles. The maximum Gasteiger partial charge on any atom is 0.259 e. The molecule has 5 rings (SSSR count). The minimum atomic E-state index is 0.00282. The lowest BCUT2D eigenvalue weighted by atomic mass is 9.89. The molecule has 7 heteroatoms. The van der Waals surface area contributed by atoms with Crippen LogP contribution in [0.4, 0.5) is 0 Å². The quantitative estimate of drug-likeness (QED) is 0.431. The van der Waals surface area contributed by atoms with Gasteiger partial charge in [-0.2, -0.15) is 0 Å². The zero-order chi connectivity index (χ0) is 20.7. The predicted molar refractivity (Wildman–Crippen MR) is 124 cm³/mol. The molecule has 0 spiro atoms. The molecule has 0 saturated carbocycles. The largest absolute Gasteiger partial charge is 0.337 e. The number of thioether (sulfide) groups is 1. The Morgan fingerprint density at radius 3 is 2.87 bits per heavy atom. The first kappa shape index (κ1) is 19.6. The van der Waals surface area contributed by atoms with Gasteiger partial charge in [-0.05, 0) is 43.2 Å². The fraction of sp³-hybridized carbons (Fsp3) is 0.348. The van der Waals surface area contributed by atoms with Crippen LogP contribution in [0.5, 0.6) is 0 Å². The van der Waals surface area contributed by atoms with Gasteiger partial charge < -0.3 is 9.97 Å². The third-order valence-electron chi connectivity index (χ3n) is 5.74. The molecule has 0 unspecified atom stereocenters. The van der Waals surface area contributed by atoms with Gasteiger partial charge in [-0.15, -0.1) is 11.3 Å². The normalized spacial score (nSPS) is 16.1. The van der Waals surface area contributed by atoms with Crippen LogP contribution in [-0.2, 0) is 25.0 Å². The number of nitrogens with zero attached hydrogens (tertiary/aromatic N) is 2. The summed E-state index contributed by atoms with van der Waals surface area (Å²) in [6.45, 7) is 4.34. The summed E-state index contributed by atoms with van der Waals surface area (Å²) in [6.07, 6.45) is 4.02. The lowest BCUT2D eigenvalue weighted by Gasteiger charge is -2.17. The smallest absolute Gasteiger partial charge is 0.259 e. The van der Waals surface area contributed by atoms with Crippen molar-refractivity contribution < 1.29 is 0 Å². The van der Waals surface area contributed by atoms with Crippen molar-refractivity contribution in [3.05, 3.63) is 73.9 Å². The number of aryl methyl sites for hydroxylation is 2. The summed E-state index contributed by atoms with van der Waals surface area (Å²) in [5, 5.41) is 1.68. The molecule has 4 aromatic rings. The van der Waals surface area contributed by atoms with Crippen molar-refractivity contribution in [3.63, 3.8) is 0 Å². The summed E-state index contributed by atoms with van der Waals surface area (Å²) >= 11 is 3.27. The van der Waals surface area contributed by atoms with E-state index in [0.29, 0.717) is 17.5 Å². The second-order valence-corrected chi connectivity index (χ2v) is 10.2. The highest BCUT2D eigenvalue weighted by molar-refractivity contribution is 7.98. The number of rotatable bonds is 5. The third kappa shape index (κ3) is 3.84. The van der Waals surface area contributed by atoms with Crippen LogP contribution >= 0.6 is 23.1 Å². The van der Waals surface area contributed by atoms with Gasteiger partial charge in [0, 0.05) is 17.0 Å². The first-order valence-electron chi connectivity index (χ1n) is 10.3. The molecule has 154 valence electrons. The average Bonchev–Trinajstić information content (AvgIpc) is 3.26. The molecule has 1 atom stereocenters. The number of aromatic nitrogens is 4. The monoisotopic (exact) mass is 436 g/mol. The van der Waals surface area contributed by atoms with E-state index in [-0.39, 0.29) is 5.56 Å². The van der Waals surface area contributed by atoms with E-state index in [4.69, 9.17) is 9.97 Å². The fourth-order valence-electron chi connectivity index (χ4n) is 4.10. The number of hydrogen-bond acceptors (Lipinski definition) is 5. The minimum Gasteiger partial charge on any atom is -0.337 e. The Morgan fingerprint density at radius 1 is 1.20 bits per heavy atom. The molecule has 2 N–H and O–H groups in total. The van der Waals surface area contributed by atoms with Crippen LogP contribution in [0.1, 0.15) is 46.6 Å². The summed E-state index contributed by atoms with van der Waals surface area (Å²) in [5.74, 6) is 1.98. The predicted octanol–water partition coefficient (Wildman–Crippen LogP) is 5.02. The molecule has 0 bridgehead atoms. The van der Waals surface area contributed by atoms with Gasteiger partial charge >= 0.3 is 0 Å². The van der Waals surface area contributed by atoms with E-state index in [1.165, 1.54) is 16.0 Å². The molecule has 0 aliphatic heterocycles. The standard InChI is InChI=1S/C23H24N4OS2/c1-13-8-9-16-18(10-13)30-22-20(16)21(28)26-19(27-22)12-29-23-24-14(2)17(25-23)11-15-6-4-3-5-7-15/h3-7,13H,8-12H2,1-2H3,(H,24,25)(H,26,27,28)/t13-/m0/s1. The number of imidazole rings is 1. The number of nitrogens with one attached hydrogen (secondary N) is 2. The molecule has 3 aromatic heterocycles. The number of hydrogen-bond donors (Lipinski definition) is 2. The molecule has 0 amide bonds. The Bertz CT molecular complexity index is 1260. The summed E-state index contributed by atoms with van der Waals surface area (Å²) in [7, 11) is 0. The van der Waals surface area contributed by atoms with Crippen LogP contribution in [0.25, 0.3) is 10.2 Å². The highest BCUT2D eigenvalue weighted by Crippen LogP contribution is 2.35. The minimum absolute atomic E-state index is 0.00282. The molecule has 3 heterocycles. The van der Waals surface area contributed by atoms with Gasteiger partial charge in [0.1, 0.15) is 10.7 Å². The van der Waals surface area contributed by atoms with Gasteiger partial charge in [0.2, 0.25) is 0 Å². The Morgan fingerprint density at radius 2 is 2.03 bits per heavy atom. The van der Waals surface area contributed by atoms with Gasteiger partial charge in [0.05, 0.1) is 16.8 Å². The fourth-order valence-corrected chi connectivity index (χ4v) is 6.31. The molecular formula is C23H24N4OS2. The van der Waals surface area contributed by atoms with Crippen molar-refractivity contribution >= 4 is 33.3 Å². The number of aromatic amines is 2. The molecule has 5 nitrogen and oxygen atoms in total. The van der Waals surface area contributed by atoms with Gasteiger partial charge in [0.25, 0.3) is 5.56 Å². The van der Waals surface area contributed by atoms with Crippen molar-refractivity contribution in [3.8, 4) is 0 Å². The van der Waals surface area contributed by atoms with Crippen molar-refractivity contribution in [2.45, 2.75) is 50.4 Å². The number of fused-ring (bicyclic) bond motifs is 3. The van der Waals surface area contributed by atoms with Gasteiger partial charge in [-0.25, -0.2) is 9.97 Å². The van der Waals surface area contributed by atoms with Gasteiger partial charge in [-0.1, -0.05) is 49.0 Å². The van der Waals surface area contributed by atoms with E-state index in [0.717, 1.165) is 52.4 Å². The number of thiophene rings is 1. The van der Waals surface area contributed by atoms with E-state index < -0.39 is 0 Å². The van der Waals surface area contributed by atoms with Gasteiger partial charge in [-0.3, -0.25) is 4.79 Å². The first-order chi connectivity index (χ1) is 14.6. The van der Waals surface area contributed by atoms with Crippen molar-refractivity contribution in [2.24, 2.45) is 5.92 Å². The highest BCUT2D eigenvalue weighted by Gasteiger charge is 2.23. The lowest BCUT2D eigenvalue weighted by Crippen LogP contribution is -2.14. The van der Waals surface area contributed by atoms with E-state index in [2.05, 4.69) is 35.9 Å². The zero-order valence-electron chi connectivity index (χ0n) is 17.1. The Hall–Kier alpha value is -2.38. The highest BCUT2D eigenvalue weighted by atomic mass is 32.2. The van der Waals surface area contributed by atoms with Crippen LogP contribution in [0.15, 0.2) is 40.3 Å². The van der Waals surface area contributed by atoms with Crippen molar-refractivity contribution in [1.29, 1.82) is 0 Å². The number of benzene rings is 1. The van der Waals surface area contributed by atoms with Crippen LogP contribution in [0.2, 0.25) is 0 Å². The molecule has 1 aliphatic rings. The van der Waals surface area contributed by atoms with Crippen molar-refractivity contribution in [2.75, 3.05) is 0 Å². The van der Waals surface area contributed by atoms with Crippen LogP contribution < -0.4 is 5.56 Å². The third-order valence-corrected chi connectivity index (χ3v) is 7.77. The Kier molecular flexibility index (Phi) is 5.25. The van der Waals surface area contributed by atoms with E-state index in [1.807, 2.05) is 18.2 Å². The van der Waals surface area contributed by atoms with Crippen LogP contribution in [0.3, 0.4) is 0 Å². The SMILES string of the molecule is Cc1[nH]c(SCc2nc3sc4c(c3c(=O)[nH]2)CC[C@H](C)C4)nc1Cc1ccccc1. The lowest BCUT2D eigenvalue weighted by molar-refractivity contribution is 0.509.